The van der Waals surface area contributed by atoms with E-state index >= 15 is 0 Å². The minimum Gasteiger partial charge on any atom is -0.381 e. The number of hydrogen-bond acceptors (Lipinski definition) is 5. The van der Waals surface area contributed by atoms with Gasteiger partial charge in [-0.1, -0.05) is 0 Å². The van der Waals surface area contributed by atoms with E-state index in [1.807, 2.05) is 4.68 Å². The van der Waals surface area contributed by atoms with Crippen molar-refractivity contribution in [2.24, 2.45) is 0 Å². The Morgan fingerprint density at radius 3 is 2.59 bits per heavy atom. The van der Waals surface area contributed by atoms with Gasteiger partial charge in [0.1, 0.15) is 5.82 Å². The van der Waals surface area contributed by atoms with Gasteiger partial charge in [0.2, 0.25) is 0 Å². The maximum atomic E-state index is 12.2. The lowest BCUT2D eigenvalue weighted by molar-refractivity contribution is 0.0835. The van der Waals surface area contributed by atoms with Gasteiger partial charge in [0.25, 0.3) is 10.2 Å². The molecule has 2 aliphatic heterocycles. The molecule has 0 atom stereocenters. The van der Waals surface area contributed by atoms with Gasteiger partial charge in [0.05, 0.1) is 6.54 Å². The number of fused-ring (bicyclic) bond motifs is 1. The van der Waals surface area contributed by atoms with Gasteiger partial charge >= 0.3 is 0 Å². The van der Waals surface area contributed by atoms with Crippen molar-refractivity contribution >= 4 is 10.2 Å². The molecule has 0 radical (unpaired) electrons. The Morgan fingerprint density at radius 1 is 1.18 bits per heavy atom. The highest BCUT2D eigenvalue weighted by atomic mass is 32.2. The summed E-state index contributed by atoms with van der Waals surface area (Å²) in [5.41, 5.74) is 0. The monoisotopic (exact) mass is 329 g/mol. The molecule has 1 saturated heterocycles. The Hall–Kier alpha value is -1.03. The van der Waals surface area contributed by atoms with E-state index < -0.39 is 10.2 Å². The summed E-state index contributed by atoms with van der Waals surface area (Å²) in [5.74, 6) is 2.15. The summed E-state index contributed by atoms with van der Waals surface area (Å²) in [6.45, 7) is 2.97. The van der Waals surface area contributed by atoms with Crippen LogP contribution in [0.4, 0.5) is 0 Å². The second kappa shape index (κ2) is 6.23. The van der Waals surface area contributed by atoms with Gasteiger partial charge in [0.15, 0.2) is 5.82 Å². The van der Waals surface area contributed by atoms with Crippen molar-refractivity contribution in [2.75, 3.05) is 40.4 Å². The largest absolute Gasteiger partial charge is 0.381 e. The quantitative estimate of drug-likeness (QED) is 0.769. The fraction of sp³-hybridized carbons (Fsp3) is 0.846. The summed E-state index contributed by atoms with van der Waals surface area (Å²) in [4.78, 5) is 4.66. The molecule has 124 valence electrons. The molecule has 22 heavy (non-hydrogen) atoms. The Balaban J connectivity index is 1.73. The molecule has 9 heteroatoms. The molecule has 0 aromatic carbocycles. The van der Waals surface area contributed by atoms with Gasteiger partial charge in [-0.05, 0) is 12.8 Å². The predicted octanol–water partition coefficient (Wildman–Crippen LogP) is -0.163. The van der Waals surface area contributed by atoms with Crippen LogP contribution in [0.2, 0.25) is 0 Å². The van der Waals surface area contributed by atoms with Gasteiger partial charge < -0.3 is 4.74 Å². The fourth-order valence-corrected chi connectivity index (χ4v) is 3.99. The lowest BCUT2D eigenvalue weighted by Gasteiger charge is -2.23. The SMILES string of the molecule is CN(C)S(=O)(=O)N1CCc2nc(C3CCOCC3)nn2CC1. The van der Waals surface area contributed by atoms with E-state index in [0.717, 1.165) is 37.7 Å². The van der Waals surface area contributed by atoms with Gasteiger partial charge in [0, 0.05) is 52.7 Å². The topological polar surface area (TPSA) is 80.6 Å². The normalized spacial score (nSPS) is 21.8. The molecule has 1 aromatic rings. The van der Waals surface area contributed by atoms with Crippen LogP contribution in [0.5, 0.6) is 0 Å². The molecule has 0 spiro atoms. The van der Waals surface area contributed by atoms with Gasteiger partial charge in [-0.15, -0.1) is 0 Å². The summed E-state index contributed by atoms with van der Waals surface area (Å²) in [6.07, 6.45) is 2.53. The molecule has 0 amide bonds. The van der Waals surface area contributed by atoms with Crippen molar-refractivity contribution < 1.29 is 13.2 Å². The number of aromatic nitrogens is 3. The zero-order chi connectivity index (χ0) is 15.7. The highest BCUT2D eigenvalue weighted by molar-refractivity contribution is 7.86. The van der Waals surface area contributed by atoms with Crippen LogP contribution in [0.3, 0.4) is 0 Å². The average Bonchev–Trinajstić information content (AvgIpc) is 2.81. The smallest absolute Gasteiger partial charge is 0.281 e. The van der Waals surface area contributed by atoms with Gasteiger partial charge in [-0.2, -0.15) is 22.1 Å². The number of hydrogen-bond donors (Lipinski definition) is 0. The first-order chi connectivity index (χ1) is 10.5. The van der Waals surface area contributed by atoms with E-state index in [0.29, 0.717) is 32.0 Å². The molecule has 0 bridgehead atoms. The first-order valence-corrected chi connectivity index (χ1v) is 9.07. The molecule has 3 rings (SSSR count). The lowest BCUT2D eigenvalue weighted by atomic mass is 10.00. The second-order valence-electron chi connectivity index (χ2n) is 5.94. The molecule has 0 aliphatic carbocycles. The molecule has 3 heterocycles. The summed E-state index contributed by atoms with van der Waals surface area (Å²) in [6, 6.07) is 0. The van der Waals surface area contributed by atoms with E-state index in [4.69, 9.17) is 4.74 Å². The molecular weight excluding hydrogens is 306 g/mol. The fourth-order valence-electron chi connectivity index (χ4n) is 2.89. The summed E-state index contributed by atoms with van der Waals surface area (Å²) < 4.78 is 34.4. The van der Waals surface area contributed by atoms with Crippen LogP contribution in [-0.2, 0) is 27.9 Å². The molecule has 0 saturated carbocycles. The molecular formula is C13H23N5O3S. The average molecular weight is 329 g/mol. The third-order valence-electron chi connectivity index (χ3n) is 4.28. The molecule has 1 aromatic heterocycles. The van der Waals surface area contributed by atoms with Crippen LogP contribution in [-0.4, -0.2) is 72.2 Å². The van der Waals surface area contributed by atoms with Crippen LogP contribution >= 0.6 is 0 Å². The summed E-state index contributed by atoms with van der Waals surface area (Å²) >= 11 is 0. The minimum atomic E-state index is -3.37. The van der Waals surface area contributed by atoms with Gasteiger partial charge in [-0.3, -0.25) is 0 Å². The van der Waals surface area contributed by atoms with Crippen LogP contribution in [0.15, 0.2) is 0 Å². The second-order valence-corrected chi connectivity index (χ2v) is 8.08. The zero-order valence-electron chi connectivity index (χ0n) is 13.1. The number of rotatable bonds is 3. The lowest BCUT2D eigenvalue weighted by Crippen LogP contribution is -2.41. The standard InChI is InChI=1S/C13H23N5O3S/c1-16(2)22(19,20)17-6-3-12-14-13(15-18(12)8-7-17)11-4-9-21-10-5-11/h11H,3-10H2,1-2H3. The van der Waals surface area contributed by atoms with Crippen molar-refractivity contribution in [2.45, 2.75) is 31.7 Å². The number of nitrogens with zero attached hydrogens (tertiary/aromatic N) is 5. The highest BCUT2D eigenvalue weighted by Gasteiger charge is 2.29. The molecule has 1 fully saturated rings. The van der Waals surface area contributed by atoms with Crippen LogP contribution in [0.25, 0.3) is 0 Å². The van der Waals surface area contributed by atoms with Crippen molar-refractivity contribution in [1.82, 2.24) is 23.4 Å². The van der Waals surface area contributed by atoms with E-state index in [2.05, 4.69) is 10.1 Å². The third-order valence-corrected chi connectivity index (χ3v) is 6.23. The Kier molecular flexibility index (Phi) is 4.49. The van der Waals surface area contributed by atoms with Crippen molar-refractivity contribution in [1.29, 1.82) is 0 Å². The predicted molar refractivity (Wildman–Crippen MR) is 80.7 cm³/mol. The first-order valence-electron chi connectivity index (χ1n) is 7.67. The van der Waals surface area contributed by atoms with Crippen molar-refractivity contribution in [3.63, 3.8) is 0 Å². The maximum Gasteiger partial charge on any atom is 0.281 e. The Bertz CT molecular complexity index is 596. The highest BCUT2D eigenvalue weighted by Crippen LogP contribution is 2.25. The molecule has 2 aliphatic rings. The summed E-state index contributed by atoms with van der Waals surface area (Å²) in [7, 11) is -0.257. The number of ether oxygens (including phenoxy) is 1. The van der Waals surface area contributed by atoms with E-state index in [1.165, 1.54) is 8.61 Å². The van der Waals surface area contributed by atoms with Crippen molar-refractivity contribution in [3.8, 4) is 0 Å². The molecule has 0 N–H and O–H groups in total. The zero-order valence-corrected chi connectivity index (χ0v) is 13.9. The summed E-state index contributed by atoms with van der Waals surface area (Å²) in [5, 5.41) is 4.61. The minimum absolute atomic E-state index is 0.370. The molecule has 8 nitrogen and oxygen atoms in total. The van der Waals surface area contributed by atoms with Crippen LogP contribution < -0.4 is 0 Å². The van der Waals surface area contributed by atoms with Crippen LogP contribution in [0, 0.1) is 0 Å². The maximum absolute atomic E-state index is 12.2. The van der Waals surface area contributed by atoms with E-state index in [9.17, 15) is 8.42 Å². The Labute approximate surface area is 131 Å². The third kappa shape index (κ3) is 3.03. The van der Waals surface area contributed by atoms with Crippen molar-refractivity contribution in [3.05, 3.63) is 11.6 Å². The Morgan fingerprint density at radius 2 is 1.91 bits per heavy atom. The van der Waals surface area contributed by atoms with Crippen LogP contribution in [0.1, 0.15) is 30.4 Å². The van der Waals surface area contributed by atoms with E-state index in [1.54, 1.807) is 14.1 Å². The molecule has 0 unspecified atom stereocenters. The first kappa shape index (κ1) is 15.9. The van der Waals surface area contributed by atoms with Gasteiger partial charge in [-0.25, -0.2) is 9.67 Å². The van der Waals surface area contributed by atoms with E-state index in [-0.39, 0.29) is 0 Å².